The van der Waals surface area contributed by atoms with Gasteiger partial charge in [0.2, 0.25) is 0 Å². The molecule has 0 N–H and O–H groups in total. The quantitative estimate of drug-likeness (QED) is 0.553. The van der Waals surface area contributed by atoms with Gasteiger partial charge in [-0.2, -0.15) is 0 Å². The minimum atomic E-state index is -0.523. The molecule has 4 heteroatoms. The van der Waals surface area contributed by atoms with Crippen molar-refractivity contribution in [3.63, 3.8) is 0 Å². The predicted octanol–water partition coefficient (Wildman–Crippen LogP) is 3.21. The van der Waals surface area contributed by atoms with Gasteiger partial charge in [0.05, 0.1) is 10.9 Å². The number of rotatable bonds is 2. The third kappa shape index (κ3) is 2.01. The molecular formula is C9H7Cl2FO. The van der Waals surface area contributed by atoms with E-state index in [1.807, 2.05) is 0 Å². The van der Waals surface area contributed by atoms with Gasteiger partial charge in [0.1, 0.15) is 5.82 Å². The summed E-state index contributed by atoms with van der Waals surface area (Å²) in [6.07, 6.45) is 0. The second kappa shape index (κ2) is 4.07. The van der Waals surface area contributed by atoms with Crippen molar-refractivity contribution in [3.05, 3.63) is 34.1 Å². The van der Waals surface area contributed by atoms with Gasteiger partial charge in [0.25, 0.3) is 0 Å². The highest BCUT2D eigenvalue weighted by Gasteiger charge is 2.12. The Morgan fingerprint density at radius 1 is 1.54 bits per heavy atom. The van der Waals surface area contributed by atoms with Gasteiger partial charge in [0.15, 0.2) is 5.78 Å². The van der Waals surface area contributed by atoms with Gasteiger partial charge in [-0.25, -0.2) is 4.39 Å². The molecule has 13 heavy (non-hydrogen) atoms. The molecule has 0 heterocycles. The molecule has 0 bridgehead atoms. The highest BCUT2D eigenvalue weighted by Crippen LogP contribution is 2.23. The first-order chi connectivity index (χ1) is 6.07. The van der Waals surface area contributed by atoms with Crippen LogP contribution in [-0.4, -0.2) is 11.7 Å². The van der Waals surface area contributed by atoms with Crippen molar-refractivity contribution in [1.29, 1.82) is 0 Å². The second-order valence-corrected chi connectivity index (χ2v) is 3.24. The normalized spacial score (nSPS) is 10.2. The van der Waals surface area contributed by atoms with Crippen molar-refractivity contribution in [3.8, 4) is 0 Å². The van der Waals surface area contributed by atoms with Crippen molar-refractivity contribution < 1.29 is 9.18 Å². The second-order valence-electron chi connectivity index (χ2n) is 2.59. The number of Topliss-reactive ketones (excluding diaryl/α,β-unsaturated/α-hetero) is 1. The molecular weight excluding hydrogens is 214 g/mol. The van der Waals surface area contributed by atoms with Crippen LogP contribution in [0.3, 0.4) is 0 Å². The van der Waals surface area contributed by atoms with Crippen molar-refractivity contribution in [2.45, 2.75) is 6.92 Å². The summed E-state index contributed by atoms with van der Waals surface area (Å²) in [6.45, 7) is 1.59. The minimum absolute atomic E-state index is 0.0176. The highest BCUT2D eigenvalue weighted by molar-refractivity contribution is 6.33. The molecule has 0 radical (unpaired) electrons. The van der Waals surface area contributed by atoms with E-state index in [0.29, 0.717) is 11.1 Å². The van der Waals surface area contributed by atoms with Crippen molar-refractivity contribution in [2.75, 3.05) is 5.88 Å². The fourth-order valence-corrected chi connectivity index (χ4v) is 1.33. The Labute approximate surface area is 85.5 Å². The molecule has 0 saturated heterocycles. The lowest BCUT2D eigenvalue weighted by Crippen LogP contribution is -2.03. The number of carbonyl (C=O) groups excluding carboxylic acids is 1. The van der Waals surface area contributed by atoms with Crippen LogP contribution in [0.1, 0.15) is 15.9 Å². The summed E-state index contributed by atoms with van der Waals surface area (Å²) in [5, 5.41) is -0.0176. The van der Waals surface area contributed by atoms with Crippen LogP contribution in [0.5, 0.6) is 0 Å². The molecule has 1 rings (SSSR count). The number of hydrogen-bond donors (Lipinski definition) is 0. The first kappa shape index (κ1) is 10.5. The number of hydrogen-bond acceptors (Lipinski definition) is 1. The molecule has 0 amide bonds. The molecule has 0 aromatic heterocycles. The number of carbonyl (C=O) groups is 1. The van der Waals surface area contributed by atoms with Crippen LogP contribution in [0, 0.1) is 12.7 Å². The van der Waals surface area contributed by atoms with E-state index in [1.165, 1.54) is 6.07 Å². The lowest BCUT2D eigenvalue weighted by atomic mass is 10.1. The molecule has 0 aliphatic carbocycles. The first-order valence-corrected chi connectivity index (χ1v) is 4.53. The molecule has 0 unspecified atom stereocenters. The zero-order valence-electron chi connectivity index (χ0n) is 6.90. The van der Waals surface area contributed by atoms with Crippen molar-refractivity contribution in [1.82, 2.24) is 0 Å². The van der Waals surface area contributed by atoms with Crippen LogP contribution in [0.15, 0.2) is 12.1 Å². The molecule has 70 valence electrons. The lowest BCUT2D eigenvalue weighted by Gasteiger charge is -2.04. The average molecular weight is 221 g/mol. The van der Waals surface area contributed by atoms with Crippen LogP contribution < -0.4 is 0 Å². The molecule has 0 fully saturated rings. The molecule has 1 aromatic rings. The van der Waals surface area contributed by atoms with E-state index < -0.39 is 5.82 Å². The van der Waals surface area contributed by atoms with Gasteiger partial charge < -0.3 is 0 Å². The van der Waals surface area contributed by atoms with Gasteiger partial charge in [-0.3, -0.25) is 4.79 Å². The van der Waals surface area contributed by atoms with Crippen LogP contribution >= 0.6 is 23.2 Å². The maximum Gasteiger partial charge on any atom is 0.177 e. The summed E-state index contributed by atoms with van der Waals surface area (Å²) in [5.74, 6) is -0.894. The molecule has 0 aliphatic rings. The van der Waals surface area contributed by atoms with Crippen LogP contribution in [0.4, 0.5) is 4.39 Å². The van der Waals surface area contributed by atoms with E-state index in [0.717, 1.165) is 6.07 Å². The first-order valence-electron chi connectivity index (χ1n) is 3.61. The van der Waals surface area contributed by atoms with Gasteiger partial charge >= 0.3 is 0 Å². The summed E-state index contributed by atoms with van der Waals surface area (Å²) >= 11 is 11.0. The number of benzene rings is 1. The highest BCUT2D eigenvalue weighted by atomic mass is 35.5. The maximum absolute atomic E-state index is 12.9. The Morgan fingerprint density at radius 2 is 2.15 bits per heavy atom. The van der Waals surface area contributed by atoms with Gasteiger partial charge in [-0.15, -0.1) is 11.6 Å². The Kier molecular flexibility index (Phi) is 3.28. The Balaban J connectivity index is 3.26. The fourth-order valence-electron chi connectivity index (χ4n) is 1.03. The third-order valence-corrected chi connectivity index (χ3v) is 2.47. The zero-order valence-corrected chi connectivity index (χ0v) is 8.42. The third-order valence-electron chi connectivity index (χ3n) is 1.76. The van der Waals surface area contributed by atoms with E-state index >= 15 is 0 Å². The van der Waals surface area contributed by atoms with Crippen LogP contribution in [0.2, 0.25) is 5.02 Å². The van der Waals surface area contributed by atoms with Crippen LogP contribution in [-0.2, 0) is 0 Å². The van der Waals surface area contributed by atoms with Crippen molar-refractivity contribution in [2.24, 2.45) is 0 Å². The van der Waals surface area contributed by atoms with Crippen molar-refractivity contribution >= 4 is 29.0 Å². The van der Waals surface area contributed by atoms with E-state index in [-0.39, 0.29) is 16.7 Å². The topological polar surface area (TPSA) is 17.1 Å². The average Bonchev–Trinajstić information content (AvgIpc) is 2.13. The fraction of sp³-hybridized carbons (Fsp3) is 0.222. The Bertz CT molecular complexity index is 350. The molecule has 1 aromatic carbocycles. The number of halogens is 3. The van der Waals surface area contributed by atoms with Gasteiger partial charge in [-0.05, 0) is 24.6 Å². The van der Waals surface area contributed by atoms with E-state index in [4.69, 9.17) is 23.2 Å². The minimum Gasteiger partial charge on any atom is -0.293 e. The SMILES string of the molecule is Cc1c(C(=O)CCl)ccc(F)c1Cl. The monoisotopic (exact) mass is 220 g/mol. The summed E-state index contributed by atoms with van der Waals surface area (Å²) in [7, 11) is 0. The standard InChI is InChI=1S/C9H7Cl2FO/c1-5-6(8(13)4-10)2-3-7(12)9(5)11/h2-3H,4H2,1H3. The van der Waals surface area contributed by atoms with Gasteiger partial charge in [-0.1, -0.05) is 11.6 Å². The zero-order chi connectivity index (χ0) is 10.0. The molecule has 0 saturated carbocycles. The van der Waals surface area contributed by atoms with Crippen LogP contribution in [0.25, 0.3) is 0 Å². The van der Waals surface area contributed by atoms with Gasteiger partial charge in [0, 0.05) is 5.56 Å². The van der Waals surface area contributed by atoms with E-state index in [2.05, 4.69) is 0 Å². The lowest BCUT2D eigenvalue weighted by molar-refractivity contribution is 0.102. The molecule has 0 spiro atoms. The summed E-state index contributed by atoms with van der Waals surface area (Å²) in [5.41, 5.74) is 0.814. The number of alkyl halides is 1. The molecule has 0 atom stereocenters. The molecule has 0 aliphatic heterocycles. The smallest absolute Gasteiger partial charge is 0.177 e. The summed E-state index contributed by atoms with van der Waals surface area (Å²) in [6, 6.07) is 2.55. The van der Waals surface area contributed by atoms with E-state index in [9.17, 15) is 9.18 Å². The Morgan fingerprint density at radius 3 is 2.69 bits per heavy atom. The predicted molar refractivity (Wildman–Crippen MR) is 51.2 cm³/mol. The summed E-state index contributed by atoms with van der Waals surface area (Å²) < 4.78 is 12.9. The number of ketones is 1. The van der Waals surface area contributed by atoms with E-state index in [1.54, 1.807) is 6.92 Å². The Hall–Kier alpha value is -0.600. The largest absolute Gasteiger partial charge is 0.293 e. The summed E-state index contributed by atoms with van der Waals surface area (Å²) in [4.78, 5) is 11.2. The maximum atomic E-state index is 12.9. The molecule has 1 nitrogen and oxygen atoms in total.